The molecular formula is C10H15NO2. The van der Waals surface area contributed by atoms with Crippen molar-refractivity contribution in [3.05, 3.63) is 23.8 Å². The number of aryl methyl sites for hydroxylation is 1. The molecule has 0 bridgehead atoms. The van der Waals surface area contributed by atoms with Gasteiger partial charge in [0.1, 0.15) is 2.82 Å². The van der Waals surface area contributed by atoms with E-state index in [0.29, 0.717) is 5.75 Å². The number of rotatable bonds is 5. The average molecular weight is 187 g/mol. The van der Waals surface area contributed by atoms with Crippen LogP contribution in [0, 0.1) is 0 Å². The molecule has 13 heavy (non-hydrogen) atoms. The molecule has 0 spiro atoms. The zero-order chi connectivity index (χ0) is 14.8. The maximum absolute atomic E-state index is 7.81. The van der Waals surface area contributed by atoms with Crippen molar-refractivity contribution in [2.45, 2.75) is 6.37 Å². The Kier molecular flexibility index (Phi) is 1.57. The van der Waals surface area contributed by atoms with E-state index in [4.69, 9.17) is 17.8 Å². The van der Waals surface area contributed by atoms with Crippen LogP contribution in [0.1, 0.15) is 11.0 Å². The lowest BCUT2D eigenvalue weighted by Crippen LogP contribution is -2.03. The second kappa shape index (κ2) is 4.72. The van der Waals surface area contributed by atoms with Gasteiger partial charge >= 0.3 is 0 Å². The maximum atomic E-state index is 7.81. The van der Waals surface area contributed by atoms with E-state index in [1.807, 2.05) is 0 Å². The van der Waals surface area contributed by atoms with Crippen LogP contribution >= 0.6 is 0 Å². The molecule has 2 N–H and O–H groups in total. The lowest BCUT2D eigenvalue weighted by molar-refractivity contribution is 0.354. The third-order valence-corrected chi connectivity index (χ3v) is 1.58. The lowest BCUT2D eigenvalue weighted by Gasteiger charge is -2.08. The van der Waals surface area contributed by atoms with Crippen molar-refractivity contribution in [2.24, 2.45) is 5.72 Å². The van der Waals surface area contributed by atoms with Gasteiger partial charge in [0.25, 0.3) is 0 Å². The molecule has 72 valence electrons. The summed E-state index contributed by atoms with van der Waals surface area (Å²) < 4.78 is 54.7. The van der Waals surface area contributed by atoms with Gasteiger partial charge in [-0.05, 0) is 30.6 Å². The number of hydrogen-bond acceptors (Lipinski definition) is 3. The van der Waals surface area contributed by atoms with E-state index in [2.05, 4.69) is 0 Å². The van der Waals surface area contributed by atoms with Crippen molar-refractivity contribution < 1.29 is 17.8 Å². The Morgan fingerprint density at radius 1 is 1.38 bits per heavy atom. The van der Waals surface area contributed by atoms with Crippen LogP contribution in [0.4, 0.5) is 0 Å². The standard InChI is InChI=1S/C10H15NO2/c1-12-9-4-3-8(5-6-11)7-10(9)13-2/h3-4,7H,5-6,11H2,1-2H3/i5D2,6D2/hD2. The van der Waals surface area contributed by atoms with Crippen LogP contribution < -0.4 is 15.2 Å². The number of methoxy groups -OCH3 is 2. The summed E-state index contributed by atoms with van der Waals surface area (Å²) in [6.45, 7) is -2.81. The number of ether oxygens (including phenoxy) is 2. The van der Waals surface area contributed by atoms with Gasteiger partial charge in [-0.3, -0.25) is 0 Å². The van der Waals surface area contributed by atoms with Crippen molar-refractivity contribution in [1.29, 1.82) is 0 Å². The Balaban J connectivity index is 3.29. The predicted molar refractivity (Wildman–Crippen MR) is 52.3 cm³/mol. The van der Waals surface area contributed by atoms with Crippen LogP contribution in [-0.2, 0) is 6.37 Å². The predicted octanol–water partition coefficient (Wildman–Crippen LogP) is 1.20. The molecule has 0 unspecified atom stereocenters. The van der Waals surface area contributed by atoms with Crippen LogP contribution in [0.15, 0.2) is 18.2 Å². The molecule has 3 nitrogen and oxygen atoms in total. The van der Waals surface area contributed by atoms with Crippen LogP contribution in [0.3, 0.4) is 0 Å². The molecule has 0 heterocycles. The highest BCUT2D eigenvalue weighted by molar-refractivity contribution is 5.42. The van der Waals surface area contributed by atoms with Crippen molar-refractivity contribution in [1.82, 2.24) is 0 Å². The minimum atomic E-state index is -2.81. The van der Waals surface area contributed by atoms with Gasteiger partial charge < -0.3 is 15.2 Å². The number of nitrogens with two attached hydrogens (primary N) is 1. The zero-order valence-corrected chi connectivity index (χ0v) is 7.50. The molecule has 0 aromatic heterocycles. The number of benzene rings is 1. The zero-order valence-electron chi connectivity index (χ0n) is 13.5. The van der Waals surface area contributed by atoms with Crippen molar-refractivity contribution in [2.75, 3.05) is 20.7 Å². The summed E-state index contributed by atoms with van der Waals surface area (Å²) in [4.78, 5) is 0. The highest BCUT2D eigenvalue weighted by Crippen LogP contribution is 2.27. The second-order valence-electron chi connectivity index (χ2n) is 2.31. The Bertz CT molecular complexity index is 452. The monoisotopic (exact) mass is 187 g/mol. The normalized spacial score (nSPS) is 19.0. The van der Waals surface area contributed by atoms with Gasteiger partial charge in [0.2, 0.25) is 0 Å². The van der Waals surface area contributed by atoms with Crippen LogP contribution in [0.2, 0.25) is 2.82 Å². The van der Waals surface area contributed by atoms with E-state index in [9.17, 15) is 0 Å². The van der Waals surface area contributed by atoms with E-state index >= 15 is 0 Å². The molecule has 1 rings (SSSR count). The van der Waals surface area contributed by atoms with Gasteiger partial charge in [0.05, 0.1) is 14.2 Å². The average Bonchev–Trinajstić information content (AvgIpc) is 2.37. The van der Waals surface area contributed by atoms with E-state index in [-0.39, 0.29) is 17.0 Å². The molecule has 0 aliphatic carbocycles. The summed E-state index contributed by atoms with van der Waals surface area (Å²) in [6.07, 6.45) is -2.56. The minimum Gasteiger partial charge on any atom is -0.493 e. The third-order valence-electron chi connectivity index (χ3n) is 1.58. The topological polar surface area (TPSA) is 44.5 Å². The second-order valence-corrected chi connectivity index (χ2v) is 2.31. The summed E-state index contributed by atoms with van der Waals surface area (Å²) in [5, 5.41) is 0. The van der Waals surface area contributed by atoms with Crippen LogP contribution in [0.25, 0.3) is 0 Å². The summed E-state index contributed by atoms with van der Waals surface area (Å²) in [6, 6.07) is 4.07. The first-order valence-electron chi connectivity index (χ1n) is 6.58. The van der Waals surface area contributed by atoms with E-state index in [1.54, 1.807) is 0 Å². The number of hydrogen-bond donors (Lipinski definition) is 1. The molecule has 0 fully saturated rings. The van der Waals surface area contributed by atoms with E-state index in [0.717, 1.165) is 0 Å². The fourth-order valence-corrected chi connectivity index (χ4v) is 0.979. The molecule has 0 amide bonds. The molecule has 0 atom stereocenters. The van der Waals surface area contributed by atoms with Gasteiger partial charge in [-0.2, -0.15) is 0 Å². The Morgan fingerprint density at radius 2 is 2.15 bits per heavy atom. The molecule has 1 aromatic rings. The largest absolute Gasteiger partial charge is 0.493 e. The van der Waals surface area contributed by atoms with Gasteiger partial charge in [0.15, 0.2) is 11.5 Å². The molecule has 0 aliphatic heterocycles. The first-order chi connectivity index (χ1) is 8.68. The first kappa shape index (κ1) is 4.33. The van der Waals surface area contributed by atoms with Crippen molar-refractivity contribution in [3.8, 4) is 11.5 Å². The molecule has 0 radical (unpaired) electrons. The SMILES string of the molecule is [2H]N([2H])C([2H])([2H])C([2H])([2H])c1ccc(OC)c(OC)c1. The highest BCUT2D eigenvalue weighted by atomic mass is 16.5. The molecule has 3 heteroatoms. The summed E-state index contributed by atoms with van der Waals surface area (Å²) in [5.74, 6) is 0.636. The minimum absolute atomic E-state index is 0.0420. The lowest BCUT2D eigenvalue weighted by atomic mass is 10.1. The fourth-order valence-electron chi connectivity index (χ4n) is 0.979. The van der Waals surface area contributed by atoms with Gasteiger partial charge in [-0.1, -0.05) is 6.07 Å². The van der Waals surface area contributed by atoms with E-state index < -0.39 is 12.9 Å². The molecule has 0 saturated heterocycles. The summed E-state index contributed by atoms with van der Waals surface area (Å²) in [5.41, 5.74) is -0.330. The smallest absolute Gasteiger partial charge is 0.160 e. The Morgan fingerprint density at radius 3 is 2.77 bits per heavy atom. The Hall–Kier alpha value is -1.22. The van der Waals surface area contributed by atoms with Gasteiger partial charge in [-0.25, -0.2) is 0 Å². The summed E-state index contributed by atoms with van der Waals surface area (Å²) >= 11 is 0. The van der Waals surface area contributed by atoms with Crippen LogP contribution in [-0.4, -0.2) is 20.7 Å². The Labute approximate surface area is 87.0 Å². The highest BCUT2D eigenvalue weighted by Gasteiger charge is 2.03. The van der Waals surface area contributed by atoms with Crippen LogP contribution in [0.5, 0.6) is 11.5 Å². The quantitative estimate of drug-likeness (QED) is 0.753. The maximum Gasteiger partial charge on any atom is 0.160 e. The fraction of sp³-hybridized carbons (Fsp3) is 0.400. The molecule has 0 aliphatic rings. The van der Waals surface area contributed by atoms with E-state index in [1.165, 1.54) is 32.4 Å². The molecule has 0 saturated carbocycles. The van der Waals surface area contributed by atoms with Crippen molar-refractivity contribution >= 4 is 0 Å². The first-order valence-corrected chi connectivity index (χ1v) is 3.69. The third kappa shape index (κ3) is 2.36. The molecular weight excluding hydrogens is 166 g/mol. The summed E-state index contributed by atoms with van der Waals surface area (Å²) in [7, 11) is 2.81. The molecule has 1 aromatic carbocycles. The van der Waals surface area contributed by atoms with Crippen molar-refractivity contribution in [3.63, 3.8) is 0 Å². The van der Waals surface area contributed by atoms with Gasteiger partial charge in [0, 0.05) is 5.48 Å². The van der Waals surface area contributed by atoms with Gasteiger partial charge in [-0.15, -0.1) is 0 Å².